The second-order valence-electron chi connectivity index (χ2n) is 5.36. The van der Waals surface area contributed by atoms with Crippen LogP contribution in [0, 0.1) is 0 Å². The van der Waals surface area contributed by atoms with E-state index >= 15 is 0 Å². The van der Waals surface area contributed by atoms with Crippen LogP contribution >= 0.6 is 0 Å². The number of ether oxygens (including phenoxy) is 1. The second kappa shape index (κ2) is 5.61. The summed E-state index contributed by atoms with van der Waals surface area (Å²) in [5.41, 5.74) is 4.55. The van der Waals surface area contributed by atoms with Crippen LogP contribution in [0.15, 0.2) is 49.0 Å². The molecule has 1 heterocycles. The van der Waals surface area contributed by atoms with E-state index in [-0.39, 0.29) is 13.0 Å². The molecule has 2 aromatic rings. The van der Waals surface area contributed by atoms with Crippen LogP contribution in [0.2, 0.25) is 0 Å². The lowest BCUT2D eigenvalue weighted by atomic mass is 9.94. The molecule has 0 aliphatic carbocycles. The lowest BCUT2D eigenvalue weighted by molar-refractivity contribution is -0.226. The molecule has 0 fully saturated rings. The summed E-state index contributed by atoms with van der Waals surface area (Å²) >= 11 is 0. The topological polar surface area (TPSA) is 9.23 Å². The quantitative estimate of drug-likeness (QED) is 0.758. The summed E-state index contributed by atoms with van der Waals surface area (Å²) in [4.78, 5) is 0. The second-order valence-corrected chi connectivity index (χ2v) is 5.36. The van der Waals surface area contributed by atoms with Crippen LogP contribution in [-0.4, -0.2) is 12.3 Å². The molecule has 1 aliphatic heterocycles. The van der Waals surface area contributed by atoms with Crippen molar-refractivity contribution in [2.75, 3.05) is 0 Å². The molecule has 22 heavy (non-hydrogen) atoms. The zero-order valence-electron chi connectivity index (χ0n) is 11.9. The molecule has 1 atom stereocenters. The highest BCUT2D eigenvalue weighted by Crippen LogP contribution is 2.33. The summed E-state index contributed by atoms with van der Waals surface area (Å²) in [6.07, 6.45) is -4.36. The van der Waals surface area contributed by atoms with Gasteiger partial charge in [-0.3, -0.25) is 0 Å². The minimum absolute atomic E-state index is 0.00189. The van der Waals surface area contributed by atoms with Crippen LogP contribution in [0.4, 0.5) is 13.2 Å². The molecule has 0 spiro atoms. The van der Waals surface area contributed by atoms with E-state index in [9.17, 15) is 13.2 Å². The van der Waals surface area contributed by atoms with Gasteiger partial charge in [0.25, 0.3) is 0 Å². The third-order valence-electron chi connectivity index (χ3n) is 3.90. The number of alkyl halides is 3. The SMILES string of the molecule is C=Cc1ccc(-c2ccc3c(c2)COC(C(F)(F)F)C3)cc1. The van der Waals surface area contributed by atoms with E-state index < -0.39 is 12.3 Å². The number of hydrogen-bond acceptors (Lipinski definition) is 1. The van der Waals surface area contributed by atoms with Gasteiger partial charge in [-0.25, -0.2) is 0 Å². The molecule has 4 heteroatoms. The fourth-order valence-electron chi connectivity index (χ4n) is 2.61. The average Bonchev–Trinajstić information content (AvgIpc) is 2.53. The van der Waals surface area contributed by atoms with Gasteiger partial charge in [-0.1, -0.05) is 49.1 Å². The summed E-state index contributed by atoms with van der Waals surface area (Å²) in [5, 5.41) is 0. The highest BCUT2D eigenvalue weighted by molar-refractivity contribution is 5.66. The van der Waals surface area contributed by atoms with Gasteiger partial charge in [0, 0.05) is 6.42 Å². The van der Waals surface area contributed by atoms with Crippen molar-refractivity contribution in [2.24, 2.45) is 0 Å². The van der Waals surface area contributed by atoms with E-state index in [1.807, 2.05) is 36.4 Å². The molecule has 0 bridgehead atoms. The first-order chi connectivity index (χ1) is 10.5. The molecule has 1 aliphatic rings. The maximum atomic E-state index is 12.7. The molecule has 0 saturated carbocycles. The maximum absolute atomic E-state index is 12.7. The van der Waals surface area contributed by atoms with Gasteiger partial charge in [0.05, 0.1) is 6.61 Å². The van der Waals surface area contributed by atoms with Crippen LogP contribution in [0.1, 0.15) is 16.7 Å². The van der Waals surface area contributed by atoms with Gasteiger partial charge in [-0.05, 0) is 33.9 Å². The normalized spacial score (nSPS) is 17.9. The fraction of sp³-hybridized carbons (Fsp3) is 0.222. The Morgan fingerprint density at radius 3 is 2.32 bits per heavy atom. The largest absolute Gasteiger partial charge is 0.414 e. The molecule has 114 valence electrons. The first-order valence-corrected chi connectivity index (χ1v) is 7.00. The molecular weight excluding hydrogens is 289 g/mol. The molecule has 2 aromatic carbocycles. The van der Waals surface area contributed by atoms with Crippen molar-refractivity contribution in [3.05, 3.63) is 65.7 Å². The number of fused-ring (bicyclic) bond motifs is 1. The van der Waals surface area contributed by atoms with E-state index in [2.05, 4.69) is 6.58 Å². The minimum Gasteiger partial charge on any atom is -0.364 e. The number of halogens is 3. The van der Waals surface area contributed by atoms with Crippen molar-refractivity contribution >= 4 is 6.08 Å². The van der Waals surface area contributed by atoms with Crippen molar-refractivity contribution in [1.82, 2.24) is 0 Å². The summed E-state index contributed by atoms with van der Waals surface area (Å²) in [5.74, 6) is 0. The molecule has 0 radical (unpaired) electrons. The van der Waals surface area contributed by atoms with Crippen LogP contribution in [0.5, 0.6) is 0 Å². The first kappa shape index (κ1) is 14.9. The minimum atomic E-state index is -4.31. The summed E-state index contributed by atoms with van der Waals surface area (Å²) in [7, 11) is 0. The summed E-state index contributed by atoms with van der Waals surface area (Å²) < 4.78 is 43.1. The molecule has 3 rings (SSSR count). The Labute approximate surface area is 127 Å². The third kappa shape index (κ3) is 2.92. The van der Waals surface area contributed by atoms with E-state index in [4.69, 9.17) is 4.74 Å². The Hall–Kier alpha value is -2.07. The van der Waals surface area contributed by atoms with Gasteiger partial charge in [-0.2, -0.15) is 13.2 Å². The lowest BCUT2D eigenvalue weighted by Gasteiger charge is -2.27. The fourth-order valence-corrected chi connectivity index (χ4v) is 2.61. The Kier molecular flexibility index (Phi) is 3.79. The average molecular weight is 304 g/mol. The molecule has 1 nitrogen and oxygen atoms in total. The molecule has 1 unspecified atom stereocenters. The highest BCUT2D eigenvalue weighted by atomic mass is 19.4. The predicted octanol–water partition coefficient (Wildman–Crippen LogP) is 5.00. The Morgan fingerprint density at radius 2 is 1.68 bits per heavy atom. The van der Waals surface area contributed by atoms with Crippen molar-refractivity contribution in [2.45, 2.75) is 25.3 Å². The van der Waals surface area contributed by atoms with Crippen LogP contribution in [0.3, 0.4) is 0 Å². The Balaban J connectivity index is 1.87. The molecule has 0 saturated heterocycles. The zero-order valence-corrected chi connectivity index (χ0v) is 11.9. The Bertz CT molecular complexity index is 686. The third-order valence-corrected chi connectivity index (χ3v) is 3.90. The van der Waals surface area contributed by atoms with Gasteiger partial charge in [-0.15, -0.1) is 0 Å². The van der Waals surface area contributed by atoms with Gasteiger partial charge in [0.15, 0.2) is 6.10 Å². The number of benzene rings is 2. The van der Waals surface area contributed by atoms with E-state index in [0.717, 1.165) is 22.3 Å². The highest BCUT2D eigenvalue weighted by Gasteiger charge is 2.42. The van der Waals surface area contributed by atoms with Crippen LogP contribution in [-0.2, 0) is 17.8 Å². The smallest absolute Gasteiger partial charge is 0.364 e. The first-order valence-electron chi connectivity index (χ1n) is 7.00. The van der Waals surface area contributed by atoms with Crippen molar-refractivity contribution in [3.63, 3.8) is 0 Å². The summed E-state index contributed by atoms with van der Waals surface area (Å²) in [6, 6.07) is 13.4. The number of hydrogen-bond donors (Lipinski definition) is 0. The van der Waals surface area contributed by atoms with Crippen LogP contribution in [0.25, 0.3) is 17.2 Å². The van der Waals surface area contributed by atoms with Crippen molar-refractivity contribution < 1.29 is 17.9 Å². The zero-order chi connectivity index (χ0) is 15.7. The standard InChI is InChI=1S/C18H15F3O/c1-2-12-3-5-13(6-4-12)14-7-8-15-10-17(18(19,20)21)22-11-16(15)9-14/h2-9,17H,1,10-11H2. The van der Waals surface area contributed by atoms with E-state index in [1.54, 1.807) is 12.1 Å². The van der Waals surface area contributed by atoms with Crippen LogP contribution < -0.4 is 0 Å². The van der Waals surface area contributed by atoms with E-state index in [1.165, 1.54) is 0 Å². The van der Waals surface area contributed by atoms with Gasteiger partial charge < -0.3 is 4.74 Å². The van der Waals surface area contributed by atoms with Gasteiger partial charge in [0.1, 0.15) is 0 Å². The molecule has 0 amide bonds. The Morgan fingerprint density at radius 1 is 1.00 bits per heavy atom. The molecule has 0 aromatic heterocycles. The van der Waals surface area contributed by atoms with Crippen molar-refractivity contribution in [3.8, 4) is 11.1 Å². The maximum Gasteiger partial charge on any atom is 0.414 e. The molecule has 0 N–H and O–H groups in total. The monoisotopic (exact) mass is 304 g/mol. The molecular formula is C18H15F3O. The van der Waals surface area contributed by atoms with E-state index in [0.29, 0.717) is 5.56 Å². The van der Waals surface area contributed by atoms with Gasteiger partial charge in [0.2, 0.25) is 0 Å². The van der Waals surface area contributed by atoms with Crippen molar-refractivity contribution in [1.29, 1.82) is 0 Å². The lowest BCUT2D eigenvalue weighted by Crippen LogP contribution is -2.36. The van der Waals surface area contributed by atoms with Gasteiger partial charge >= 0.3 is 6.18 Å². The predicted molar refractivity (Wildman–Crippen MR) is 80.3 cm³/mol. The summed E-state index contributed by atoms with van der Waals surface area (Å²) in [6.45, 7) is 3.71. The number of rotatable bonds is 2.